The van der Waals surface area contributed by atoms with Crippen molar-refractivity contribution in [2.24, 2.45) is 0 Å². The van der Waals surface area contributed by atoms with Crippen LogP contribution in [0.2, 0.25) is 0 Å². The van der Waals surface area contributed by atoms with Crippen LogP contribution in [0.1, 0.15) is 64.4 Å². The molecule has 1 aromatic rings. The maximum absolute atomic E-state index is 13.0. The molecule has 1 aliphatic heterocycles. The normalized spacial score (nSPS) is 21.8. The van der Waals surface area contributed by atoms with Crippen molar-refractivity contribution >= 4 is 15.9 Å². The van der Waals surface area contributed by atoms with Gasteiger partial charge in [-0.2, -0.15) is 4.31 Å². The van der Waals surface area contributed by atoms with E-state index in [2.05, 4.69) is 24.1 Å². The van der Waals surface area contributed by atoms with Gasteiger partial charge < -0.3 is 5.32 Å². The van der Waals surface area contributed by atoms with E-state index in [9.17, 15) is 13.2 Å². The van der Waals surface area contributed by atoms with E-state index in [0.29, 0.717) is 43.0 Å². The second-order valence-electron chi connectivity index (χ2n) is 8.48. The van der Waals surface area contributed by atoms with Gasteiger partial charge in [0, 0.05) is 32.2 Å². The van der Waals surface area contributed by atoms with Crippen LogP contribution in [0.4, 0.5) is 0 Å². The molecule has 1 saturated heterocycles. The van der Waals surface area contributed by atoms with E-state index >= 15 is 0 Å². The van der Waals surface area contributed by atoms with Crippen molar-refractivity contribution in [2.45, 2.75) is 75.8 Å². The molecule has 0 bridgehead atoms. The molecule has 0 radical (unpaired) electrons. The lowest BCUT2D eigenvalue weighted by Gasteiger charge is -2.37. The maximum Gasteiger partial charge on any atom is 0.243 e. The standard InChI is InChI=1S/C22H35N3O3S/c1-4-17(2)19-9-11-21(12-10-19)29(27,28)25-15-13-24(14-16-25)18(3)22(26)23-20-7-5-6-8-20/h9-12,17-18,20H,4-8,13-16H2,1-3H3,(H,23,26). The third-order valence-electron chi connectivity index (χ3n) is 6.60. The second-order valence-corrected chi connectivity index (χ2v) is 10.4. The summed E-state index contributed by atoms with van der Waals surface area (Å²) < 4.78 is 27.6. The SMILES string of the molecule is CCC(C)c1ccc(S(=O)(=O)N2CCN(C(C)C(=O)NC3CCCC3)CC2)cc1. The summed E-state index contributed by atoms with van der Waals surface area (Å²) in [5.41, 5.74) is 1.17. The van der Waals surface area contributed by atoms with Gasteiger partial charge in [-0.1, -0.05) is 38.8 Å². The molecular formula is C22H35N3O3S. The van der Waals surface area contributed by atoms with Crippen LogP contribution < -0.4 is 5.32 Å². The quantitative estimate of drug-likeness (QED) is 0.735. The van der Waals surface area contributed by atoms with Gasteiger partial charge in [-0.15, -0.1) is 0 Å². The molecule has 6 nitrogen and oxygen atoms in total. The number of hydrogen-bond donors (Lipinski definition) is 1. The fourth-order valence-electron chi connectivity index (χ4n) is 4.24. The first kappa shape index (κ1) is 22.2. The van der Waals surface area contributed by atoms with Crippen molar-refractivity contribution in [2.75, 3.05) is 26.2 Å². The number of benzene rings is 1. The maximum atomic E-state index is 13.0. The first-order chi connectivity index (χ1) is 13.8. The van der Waals surface area contributed by atoms with Crippen LogP contribution in [0.15, 0.2) is 29.2 Å². The summed E-state index contributed by atoms with van der Waals surface area (Å²) in [7, 11) is -3.49. The van der Waals surface area contributed by atoms with Gasteiger partial charge in [0.15, 0.2) is 0 Å². The minimum absolute atomic E-state index is 0.0637. The Morgan fingerprint density at radius 1 is 1.07 bits per heavy atom. The van der Waals surface area contributed by atoms with Gasteiger partial charge in [-0.3, -0.25) is 9.69 Å². The Bertz CT molecular complexity index is 780. The monoisotopic (exact) mass is 421 g/mol. The largest absolute Gasteiger partial charge is 0.352 e. The van der Waals surface area contributed by atoms with Crippen molar-refractivity contribution in [1.29, 1.82) is 0 Å². The minimum atomic E-state index is -3.49. The predicted molar refractivity (Wildman–Crippen MR) is 115 cm³/mol. The van der Waals surface area contributed by atoms with Crippen molar-refractivity contribution in [3.8, 4) is 0 Å². The lowest BCUT2D eigenvalue weighted by Crippen LogP contribution is -2.55. The average Bonchev–Trinajstić information content (AvgIpc) is 3.25. The van der Waals surface area contributed by atoms with Gasteiger partial charge in [0.05, 0.1) is 10.9 Å². The summed E-state index contributed by atoms with van der Waals surface area (Å²) in [5, 5.41) is 3.15. The molecule has 1 amide bonds. The molecule has 1 N–H and O–H groups in total. The van der Waals surface area contributed by atoms with Crippen molar-refractivity contribution in [3.05, 3.63) is 29.8 Å². The Morgan fingerprint density at radius 2 is 1.66 bits per heavy atom. The summed E-state index contributed by atoms with van der Waals surface area (Å²) in [6, 6.07) is 7.38. The Morgan fingerprint density at radius 3 is 2.21 bits per heavy atom. The Kier molecular flexibility index (Phi) is 7.35. The number of sulfonamides is 1. The molecule has 1 saturated carbocycles. The Labute approximate surface area is 175 Å². The number of nitrogens with zero attached hydrogens (tertiary/aromatic N) is 2. The number of carbonyl (C=O) groups excluding carboxylic acids is 1. The third-order valence-corrected chi connectivity index (χ3v) is 8.51. The smallest absolute Gasteiger partial charge is 0.243 e. The number of piperazine rings is 1. The summed E-state index contributed by atoms with van der Waals surface area (Å²) in [5.74, 6) is 0.487. The van der Waals surface area contributed by atoms with Crippen LogP contribution in [-0.4, -0.2) is 61.8 Å². The van der Waals surface area contributed by atoms with E-state index in [-0.39, 0.29) is 11.9 Å². The molecule has 0 spiro atoms. The first-order valence-electron chi connectivity index (χ1n) is 11.0. The van der Waals surface area contributed by atoms with Crippen molar-refractivity contribution in [1.82, 2.24) is 14.5 Å². The molecule has 1 heterocycles. The van der Waals surface area contributed by atoms with Gasteiger partial charge in [0.1, 0.15) is 0 Å². The molecule has 7 heteroatoms. The topological polar surface area (TPSA) is 69.7 Å². The fraction of sp³-hybridized carbons (Fsp3) is 0.682. The molecule has 2 fully saturated rings. The van der Waals surface area contributed by atoms with E-state index in [1.165, 1.54) is 18.4 Å². The lowest BCUT2D eigenvalue weighted by molar-refractivity contribution is -0.127. The van der Waals surface area contributed by atoms with Gasteiger partial charge in [0.2, 0.25) is 15.9 Å². The van der Waals surface area contributed by atoms with E-state index < -0.39 is 10.0 Å². The predicted octanol–water partition coefficient (Wildman–Crippen LogP) is 2.95. The van der Waals surface area contributed by atoms with Gasteiger partial charge >= 0.3 is 0 Å². The third kappa shape index (κ3) is 5.19. The minimum Gasteiger partial charge on any atom is -0.352 e. The van der Waals surface area contributed by atoms with E-state index in [4.69, 9.17) is 0 Å². The number of rotatable bonds is 7. The van der Waals surface area contributed by atoms with Crippen LogP contribution in [0, 0.1) is 0 Å². The van der Waals surface area contributed by atoms with Gasteiger partial charge in [-0.25, -0.2) is 8.42 Å². The number of nitrogens with one attached hydrogen (secondary N) is 1. The molecule has 3 rings (SSSR count). The number of hydrogen-bond acceptors (Lipinski definition) is 4. The zero-order valence-corrected chi connectivity index (χ0v) is 18.7. The molecule has 1 aromatic carbocycles. The summed E-state index contributed by atoms with van der Waals surface area (Å²) in [4.78, 5) is 15.0. The van der Waals surface area contributed by atoms with Gasteiger partial charge in [-0.05, 0) is 49.8 Å². The molecule has 2 unspecified atom stereocenters. The molecule has 0 aromatic heterocycles. The first-order valence-corrected chi connectivity index (χ1v) is 12.4. The highest BCUT2D eigenvalue weighted by molar-refractivity contribution is 7.89. The molecule has 1 aliphatic carbocycles. The second kappa shape index (κ2) is 9.58. The Balaban J connectivity index is 1.56. The van der Waals surface area contributed by atoms with Crippen LogP contribution in [0.3, 0.4) is 0 Å². The van der Waals surface area contributed by atoms with Crippen LogP contribution in [-0.2, 0) is 14.8 Å². The average molecular weight is 422 g/mol. The molecule has 2 atom stereocenters. The van der Waals surface area contributed by atoms with Crippen LogP contribution >= 0.6 is 0 Å². The summed E-state index contributed by atoms with van der Waals surface area (Å²) in [6.45, 7) is 8.17. The summed E-state index contributed by atoms with van der Waals surface area (Å²) >= 11 is 0. The highest BCUT2D eigenvalue weighted by Gasteiger charge is 2.32. The highest BCUT2D eigenvalue weighted by Crippen LogP contribution is 2.23. The van der Waals surface area contributed by atoms with E-state index in [1.54, 1.807) is 16.4 Å². The van der Waals surface area contributed by atoms with Crippen LogP contribution in [0.25, 0.3) is 0 Å². The van der Waals surface area contributed by atoms with Gasteiger partial charge in [0.25, 0.3) is 0 Å². The van der Waals surface area contributed by atoms with E-state index in [1.807, 2.05) is 19.1 Å². The summed E-state index contributed by atoms with van der Waals surface area (Å²) in [6.07, 6.45) is 5.55. The fourth-order valence-corrected chi connectivity index (χ4v) is 5.66. The highest BCUT2D eigenvalue weighted by atomic mass is 32.2. The molecule has 2 aliphatic rings. The zero-order chi connectivity index (χ0) is 21.0. The molecule has 162 valence electrons. The number of amides is 1. The molecule has 29 heavy (non-hydrogen) atoms. The zero-order valence-electron chi connectivity index (χ0n) is 17.9. The van der Waals surface area contributed by atoms with Crippen molar-refractivity contribution < 1.29 is 13.2 Å². The molecular weight excluding hydrogens is 386 g/mol. The van der Waals surface area contributed by atoms with Crippen molar-refractivity contribution in [3.63, 3.8) is 0 Å². The lowest BCUT2D eigenvalue weighted by atomic mass is 9.99. The van der Waals surface area contributed by atoms with E-state index in [0.717, 1.165) is 19.3 Å². The Hall–Kier alpha value is -1.44. The van der Waals surface area contributed by atoms with Crippen LogP contribution in [0.5, 0.6) is 0 Å². The number of carbonyl (C=O) groups is 1.